The molecular formula is C27H36N4O5. The lowest BCUT2D eigenvalue weighted by atomic mass is 9.74. The summed E-state index contributed by atoms with van der Waals surface area (Å²) < 4.78 is 12.9. The van der Waals surface area contributed by atoms with E-state index < -0.39 is 17.6 Å². The summed E-state index contributed by atoms with van der Waals surface area (Å²) in [7, 11) is 1.57. The monoisotopic (exact) mass is 496 g/mol. The summed E-state index contributed by atoms with van der Waals surface area (Å²) in [6.07, 6.45) is 8.38. The number of aliphatic hydroxyl groups is 1. The van der Waals surface area contributed by atoms with Gasteiger partial charge in [0.15, 0.2) is 0 Å². The standard InChI is InChI=1S/C27H36N4O5/c1-27(2,34)17-30-13-12-22(29-30)24(18-8-5-4-6-9-18)25(26(28)33)31-16-21(15-23(31)32)36-20-11-7-10-19(14-20)35-3/h7,10-15,18,24-25,34H,4-6,8-9,16-17H2,1-3H3,(H2,28,33). The molecule has 1 fully saturated rings. The van der Waals surface area contributed by atoms with Crippen LogP contribution in [0.5, 0.6) is 11.5 Å². The predicted octanol–water partition coefficient (Wildman–Crippen LogP) is 2.99. The van der Waals surface area contributed by atoms with E-state index in [0.29, 0.717) is 29.5 Å². The molecule has 194 valence electrons. The Morgan fingerprint density at radius 2 is 1.94 bits per heavy atom. The summed E-state index contributed by atoms with van der Waals surface area (Å²) in [6, 6.07) is 8.14. The smallest absolute Gasteiger partial charge is 0.251 e. The number of amides is 2. The van der Waals surface area contributed by atoms with Gasteiger partial charge in [-0.3, -0.25) is 14.3 Å². The third kappa shape index (κ3) is 6.07. The molecular weight excluding hydrogens is 460 g/mol. The number of hydrogen-bond donors (Lipinski definition) is 2. The van der Waals surface area contributed by atoms with Crippen LogP contribution in [-0.2, 0) is 16.1 Å². The number of methoxy groups -OCH3 is 1. The van der Waals surface area contributed by atoms with E-state index in [9.17, 15) is 14.7 Å². The van der Waals surface area contributed by atoms with Gasteiger partial charge in [-0.15, -0.1) is 0 Å². The number of aromatic nitrogens is 2. The molecule has 1 aliphatic heterocycles. The Morgan fingerprint density at radius 3 is 2.61 bits per heavy atom. The summed E-state index contributed by atoms with van der Waals surface area (Å²) in [4.78, 5) is 27.6. The van der Waals surface area contributed by atoms with E-state index in [1.807, 2.05) is 18.3 Å². The lowest BCUT2D eigenvalue weighted by Crippen LogP contribution is -2.51. The van der Waals surface area contributed by atoms with E-state index in [1.165, 1.54) is 11.0 Å². The maximum absolute atomic E-state index is 13.1. The van der Waals surface area contributed by atoms with Crippen LogP contribution in [0.15, 0.2) is 48.4 Å². The van der Waals surface area contributed by atoms with Crippen molar-refractivity contribution in [2.45, 2.75) is 70.1 Å². The lowest BCUT2D eigenvalue weighted by molar-refractivity contribution is -0.135. The maximum atomic E-state index is 13.1. The Hall–Kier alpha value is -3.33. The topological polar surface area (TPSA) is 120 Å². The number of benzene rings is 1. The van der Waals surface area contributed by atoms with E-state index >= 15 is 0 Å². The largest absolute Gasteiger partial charge is 0.497 e. The number of carbonyl (C=O) groups is 2. The Balaban J connectivity index is 1.60. The molecule has 3 N–H and O–H groups in total. The average molecular weight is 497 g/mol. The van der Waals surface area contributed by atoms with E-state index in [-0.39, 0.29) is 24.3 Å². The Labute approximate surface area is 211 Å². The van der Waals surface area contributed by atoms with Gasteiger partial charge in [0.25, 0.3) is 5.91 Å². The van der Waals surface area contributed by atoms with Gasteiger partial charge in [0.05, 0.1) is 31.5 Å². The summed E-state index contributed by atoms with van der Waals surface area (Å²) in [5.74, 6) is 0.565. The molecule has 2 atom stereocenters. The Morgan fingerprint density at radius 1 is 1.22 bits per heavy atom. The molecule has 0 saturated heterocycles. The van der Waals surface area contributed by atoms with E-state index in [0.717, 1.165) is 32.1 Å². The van der Waals surface area contributed by atoms with Crippen LogP contribution in [0.3, 0.4) is 0 Å². The average Bonchev–Trinajstić information content (AvgIpc) is 3.42. The summed E-state index contributed by atoms with van der Waals surface area (Å²) in [5, 5.41) is 15.0. The van der Waals surface area contributed by atoms with Gasteiger partial charge >= 0.3 is 0 Å². The molecule has 2 amide bonds. The first-order valence-electron chi connectivity index (χ1n) is 12.5. The molecule has 0 bridgehead atoms. The second-order valence-corrected chi connectivity index (χ2v) is 10.4. The molecule has 4 rings (SSSR count). The van der Waals surface area contributed by atoms with Gasteiger partial charge in [-0.1, -0.05) is 25.3 Å². The quantitative estimate of drug-likeness (QED) is 0.522. The molecule has 1 saturated carbocycles. The minimum atomic E-state index is -0.937. The van der Waals surface area contributed by atoms with Gasteiger partial charge in [0.1, 0.15) is 23.3 Å². The highest BCUT2D eigenvalue weighted by molar-refractivity contribution is 5.95. The second kappa shape index (κ2) is 10.7. The van der Waals surface area contributed by atoms with Crippen LogP contribution in [0.25, 0.3) is 0 Å². The van der Waals surface area contributed by atoms with Gasteiger partial charge in [0, 0.05) is 24.3 Å². The van der Waals surface area contributed by atoms with Crippen molar-refractivity contribution in [1.29, 1.82) is 0 Å². The van der Waals surface area contributed by atoms with E-state index in [2.05, 4.69) is 0 Å². The summed E-state index contributed by atoms with van der Waals surface area (Å²) in [5.41, 5.74) is 5.76. The molecule has 1 aromatic carbocycles. The van der Waals surface area contributed by atoms with Crippen molar-refractivity contribution >= 4 is 11.8 Å². The molecule has 9 nitrogen and oxygen atoms in total. The highest BCUT2D eigenvalue weighted by Gasteiger charge is 2.43. The molecule has 1 aliphatic carbocycles. The first-order valence-corrected chi connectivity index (χ1v) is 12.5. The zero-order chi connectivity index (χ0) is 25.9. The first kappa shape index (κ1) is 25.8. The van der Waals surface area contributed by atoms with E-state index in [4.69, 9.17) is 20.3 Å². The normalized spacial score (nSPS) is 18.6. The third-order valence-corrected chi connectivity index (χ3v) is 6.86. The molecule has 2 aromatic rings. The highest BCUT2D eigenvalue weighted by Crippen LogP contribution is 2.40. The number of ether oxygens (including phenoxy) is 2. The third-order valence-electron chi connectivity index (χ3n) is 6.86. The zero-order valence-corrected chi connectivity index (χ0v) is 21.2. The number of hydrogen-bond acceptors (Lipinski definition) is 6. The molecule has 1 aromatic heterocycles. The molecule has 36 heavy (non-hydrogen) atoms. The molecule has 2 aliphatic rings. The lowest BCUT2D eigenvalue weighted by Gasteiger charge is -2.37. The van der Waals surface area contributed by atoms with Crippen LogP contribution in [-0.4, -0.2) is 56.9 Å². The van der Waals surface area contributed by atoms with Crippen LogP contribution >= 0.6 is 0 Å². The fourth-order valence-corrected chi connectivity index (χ4v) is 5.34. The first-order chi connectivity index (χ1) is 17.1. The van der Waals surface area contributed by atoms with Gasteiger partial charge in [0.2, 0.25) is 5.91 Å². The van der Waals surface area contributed by atoms with Crippen LogP contribution in [0, 0.1) is 5.92 Å². The fourth-order valence-electron chi connectivity index (χ4n) is 5.34. The van der Waals surface area contributed by atoms with Gasteiger partial charge in [-0.2, -0.15) is 5.10 Å². The Bertz CT molecular complexity index is 1110. The predicted molar refractivity (Wildman–Crippen MR) is 134 cm³/mol. The van der Waals surface area contributed by atoms with Crippen molar-refractivity contribution in [2.75, 3.05) is 13.7 Å². The second-order valence-electron chi connectivity index (χ2n) is 10.4. The van der Waals surface area contributed by atoms with Gasteiger partial charge in [-0.05, 0) is 50.8 Å². The van der Waals surface area contributed by atoms with Crippen molar-refractivity contribution in [3.63, 3.8) is 0 Å². The number of nitrogens with two attached hydrogens (primary N) is 1. The van der Waals surface area contributed by atoms with Gasteiger partial charge in [-0.25, -0.2) is 0 Å². The molecule has 2 unspecified atom stereocenters. The minimum Gasteiger partial charge on any atom is -0.497 e. The van der Waals surface area contributed by atoms with Crippen LogP contribution in [0.4, 0.5) is 0 Å². The van der Waals surface area contributed by atoms with Crippen LogP contribution < -0.4 is 15.2 Å². The maximum Gasteiger partial charge on any atom is 0.251 e. The van der Waals surface area contributed by atoms with Crippen molar-refractivity contribution in [2.24, 2.45) is 11.7 Å². The summed E-state index contributed by atoms with van der Waals surface area (Å²) >= 11 is 0. The fraction of sp³-hybridized carbons (Fsp3) is 0.519. The van der Waals surface area contributed by atoms with Crippen molar-refractivity contribution in [3.05, 3.63) is 54.1 Å². The van der Waals surface area contributed by atoms with Crippen molar-refractivity contribution in [3.8, 4) is 11.5 Å². The molecule has 2 heterocycles. The van der Waals surface area contributed by atoms with Crippen LogP contribution in [0.1, 0.15) is 57.6 Å². The number of primary amides is 1. The number of carbonyl (C=O) groups excluding carboxylic acids is 2. The zero-order valence-electron chi connectivity index (χ0n) is 21.2. The number of rotatable bonds is 10. The van der Waals surface area contributed by atoms with Crippen molar-refractivity contribution < 1.29 is 24.2 Å². The van der Waals surface area contributed by atoms with E-state index in [1.54, 1.807) is 43.8 Å². The molecule has 0 spiro atoms. The van der Waals surface area contributed by atoms with Crippen molar-refractivity contribution in [1.82, 2.24) is 14.7 Å². The van der Waals surface area contributed by atoms with Crippen LogP contribution in [0.2, 0.25) is 0 Å². The highest BCUT2D eigenvalue weighted by atomic mass is 16.5. The molecule has 0 radical (unpaired) electrons. The van der Waals surface area contributed by atoms with Gasteiger partial charge < -0.3 is 25.2 Å². The Kier molecular flexibility index (Phi) is 7.68. The minimum absolute atomic E-state index is 0.136. The number of nitrogens with zero attached hydrogens (tertiary/aromatic N) is 3. The SMILES string of the molecule is COc1cccc(OC2=CC(=O)N(C(C(N)=O)C(c3ccn(CC(C)(C)O)n3)C3CCCCC3)C2)c1. The molecule has 9 heteroatoms. The summed E-state index contributed by atoms with van der Waals surface area (Å²) in [6.45, 7) is 3.89.